The van der Waals surface area contributed by atoms with Crippen LogP contribution in [0.25, 0.3) is 0 Å². The van der Waals surface area contributed by atoms with Gasteiger partial charge in [-0.15, -0.1) is 0 Å². The van der Waals surface area contributed by atoms with Gasteiger partial charge in [-0.25, -0.2) is 0 Å². The molecule has 3 rings (SSSR count). The molecule has 2 aliphatic heterocycles. The van der Waals surface area contributed by atoms with Crippen LogP contribution in [0.3, 0.4) is 0 Å². The molecule has 0 unspecified atom stereocenters. The Labute approximate surface area is 153 Å². The van der Waals surface area contributed by atoms with E-state index in [0.29, 0.717) is 19.3 Å². The number of rotatable bonds is 0. The lowest BCUT2D eigenvalue weighted by molar-refractivity contribution is -0.546. The van der Waals surface area contributed by atoms with E-state index >= 15 is 0 Å². The first-order valence-corrected chi connectivity index (χ1v) is 8.85. The molecule has 0 amide bonds. The van der Waals surface area contributed by atoms with E-state index in [1.165, 1.54) is 0 Å². The van der Waals surface area contributed by atoms with E-state index < -0.39 is 37.1 Å². The van der Waals surface area contributed by atoms with E-state index in [4.69, 9.17) is 79.1 Å². The first-order valence-electron chi connectivity index (χ1n) is 6.58. The minimum Gasteiger partial charge on any atom is -0.850 e. The average Bonchev–Trinajstić information content (AvgIpc) is 2.30. The van der Waals surface area contributed by atoms with Gasteiger partial charge in [-0.05, 0) is 12.3 Å². The van der Waals surface area contributed by atoms with Gasteiger partial charge < -0.3 is 14.6 Å². The molecule has 2 saturated heterocycles. The van der Waals surface area contributed by atoms with E-state index in [0.717, 1.165) is 0 Å². The molecule has 3 nitrogen and oxygen atoms in total. The molecule has 1 aliphatic carbocycles. The molecular formula is C12H13Cl6O3-. The Morgan fingerprint density at radius 1 is 1.05 bits per heavy atom. The molecule has 122 valence electrons. The summed E-state index contributed by atoms with van der Waals surface area (Å²) in [5.41, 5.74) is -0.699. The van der Waals surface area contributed by atoms with Crippen molar-refractivity contribution in [3.63, 3.8) is 0 Å². The van der Waals surface area contributed by atoms with Gasteiger partial charge in [0.15, 0.2) is 0 Å². The standard InChI is InChI=1S/C12H13Cl6O3/c1-9-5-2-3-6(19)8(9)21-11(9,12(16,17)18)20-7(4-5)10(13,14)15/h5-8H,2-4H2,1H3/q-1/t5-,6-,7+,8+,9-,11-/m0/s1. The summed E-state index contributed by atoms with van der Waals surface area (Å²) in [5, 5.41) is 12.1. The van der Waals surface area contributed by atoms with Crippen LogP contribution in [0.2, 0.25) is 0 Å². The third-order valence-corrected chi connectivity index (χ3v) is 6.60. The van der Waals surface area contributed by atoms with E-state index in [1.54, 1.807) is 0 Å². The lowest BCUT2D eigenvalue weighted by Gasteiger charge is -2.74. The van der Waals surface area contributed by atoms with Gasteiger partial charge in [0, 0.05) is 0 Å². The van der Waals surface area contributed by atoms with Crippen LogP contribution in [0.1, 0.15) is 26.2 Å². The molecule has 21 heavy (non-hydrogen) atoms. The summed E-state index contributed by atoms with van der Waals surface area (Å²) in [6, 6.07) is 0. The number of ether oxygens (including phenoxy) is 2. The molecule has 9 heteroatoms. The van der Waals surface area contributed by atoms with E-state index in [2.05, 4.69) is 0 Å². The summed E-state index contributed by atoms with van der Waals surface area (Å²) < 4.78 is 7.99. The van der Waals surface area contributed by atoms with Crippen LogP contribution in [0.5, 0.6) is 0 Å². The highest BCUT2D eigenvalue weighted by Gasteiger charge is 2.80. The molecule has 0 radical (unpaired) electrons. The highest BCUT2D eigenvalue weighted by molar-refractivity contribution is 6.69. The lowest BCUT2D eigenvalue weighted by atomic mass is 9.54. The predicted molar refractivity (Wildman–Crippen MR) is 82.3 cm³/mol. The topological polar surface area (TPSA) is 41.5 Å². The van der Waals surface area contributed by atoms with Crippen molar-refractivity contribution < 1.29 is 14.6 Å². The highest BCUT2D eigenvalue weighted by Crippen LogP contribution is 2.71. The molecule has 0 spiro atoms. The van der Waals surface area contributed by atoms with Crippen molar-refractivity contribution in [1.29, 1.82) is 0 Å². The van der Waals surface area contributed by atoms with Crippen LogP contribution in [-0.4, -0.2) is 31.7 Å². The zero-order valence-electron chi connectivity index (χ0n) is 10.9. The van der Waals surface area contributed by atoms with Crippen LogP contribution in [0, 0.1) is 11.3 Å². The number of hydrogen-bond acceptors (Lipinski definition) is 3. The number of alkyl halides is 6. The van der Waals surface area contributed by atoms with Gasteiger partial charge in [-0.2, -0.15) is 0 Å². The summed E-state index contributed by atoms with van der Waals surface area (Å²) in [5.74, 6) is -1.53. The molecule has 6 atom stereocenters. The Bertz CT molecular complexity index is 449. The van der Waals surface area contributed by atoms with Gasteiger partial charge in [0.1, 0.15) is 6.10 Å². The molecule has 3 fully saturated rings. The summed E-state index contributed by atoms with van der Waals surface area (Å²) in [7, 11) is 0. The minimum atomic E-state index is -1.89. The van der Waals surface area contributed by atoms with Crippen molar-refractivity contribution in [3.8, 4) is 0 Å². The fraction of sp³-hybridized carbons (Fsp3) is 1.00. The monoisotopic (exact) mass is 415 g/mol. The summed E-state index contributed by atoms with van der Waals surface area (Å²) in [6.07, 6.45) is -0.522. The second kappa shape index (κ2) is 5.06. The summed E-state index contributed by atoms with van der Waals surface area (Å²) in [4.78, 5) is 0. The van der Waals surface area contributed by atoms with E-state index in [9.17, 15) is 5.11 Å². The van der Waals surface area contributed by atoms with E-state index in [1.807, 2.05) is 6.92 Å². The van der Waals surface area contributed by atoms with Crippen molar-refractivity contribution in [2.45, 2.75) is 57.9 Å². The molecule has 0 bridgehead atoms. The fourth-order valence-electron chi connectivity index (χ4n) is 4.00. The Balaban J connectivity index is 2.03. The maximum atomic E-state index is 12.1. The quantitative estimate of drug-likeness (QED) is 0.563. The Hall–Kier alpha value is 1.62. The Morgan fingerprint density at radius 2 is 1.67 bits per heavy atom. The molecule has 0 aromatic rings. The second-order valence-electron chi connectivity index (χ2n) is 6.13. The SMILES string of the molecule is C[C@]12[C@H]3CC[C@H]([O-])[C@H]1O[C@@]2(C(Cl)(Cl)Cl)O[C@@H](C(Cl)(Cl)Cl)C3. The summed E-state index contributed by atoms with van der Waals surface area (Å²) >= 11 is 36.3. The molecule has 2 heterocycles. The smallest absolute Gasteiger partial charge is 0.244 e. The van der Waals surface area contributed by atoms with Crippen LogP contribution in [-0.2, 0) is 9.47 Å². The van der Waals surface area contributed by atoms with Crippen molar-refractivity contribution in [3.05, 3.63) is 0 Å². The Kier molecular flexibility index (Phi) is 4.20. The van der Waals surface area contributed by atoms with Crippen LogP contribution in [0.4, 0.5) is 0 Å². The second-order valence-corrected chi connectivity index (χ2v) is 10.8. The maximum absolute atomic E-state index is 12.1. The third kappa shape index (κ3) is 2.26. The van der Waals surface area contributed by atoms with Gasteiger partial charge in [0.05, 0.1) is 11.5 Å². The van der Waals surface area contributed by atoms with Crippen LogP contribution < -0.4 is 5.11 Å². The molecule has 0 N–H and O–H groups in total. The summed E-state index contributed by atoms with van der Waals surface area (Å²) in [6.45, 7) is 1.87. The van der Waals surface area contributed by atoms with E-state index in [-0.39, 0.29) is 5.92 Å². The van der Waals surface area contributed by atoms with Gasteiger partial charge in [-0.1, -0.05) is 95.5 Å². The van der Waals surface area contributed by atoms with Crippen LogP contribution in [0.15, 0.2) is 0 Å². The number of hydrogen-bond donors (Lipinski definition) is 0. The predicted octanol–water partition coefficient (Wildman–Crippen LogP) is 3.76. The van der Waals surface area contributed by atoms with Gasteiger partial charge in [0.2, 0.25) is 13.4 Å². The highest BCUT2D eigenvalue weighted by atomic mass is 35.6. The molecule has 1 saturated carbocycles. The number of halogens is 6. The fourth-order valence-corrected chi connectivity index (χ4v) is 5.28. The van der Waals surface area contributed by atoms with Crippen LogP contribution >= 0.6 is 69.6 Å². The lowest BCUT2D eigenvalue weighted by Crippen LogP contribution is -2.84. The van der Waals surface area contributed by atoms with Gasteiger partial charge >= 0.3 is 0 Å². The largest absolute Gasteiger partial charge is 0.850 e. The van der Waals surface area contributed by atoms with Gasteiger partial charge in [-0.3, -0.25) is 0 Å². The molecule has 3 aliphatic rings. The average molecular weight is 418 g/mol. The normalized spacial score (nSPS) is 50.3. The van der Waals surface area contributed by atoms with Crippen molar-refractivity contribution in [2.75, 3.05) is 0 Å². The van der Waals surface area contributed by atoms with Gasteiger partial charge in [0.25, 0.3) is 0 Å². The maximum Gasteiger partial charge on any atom is 0.244 e. The zero-order valence-corrected chi connectivity index (χ0v) is 15.5. The third-order valence-electron chi connectivity index (χ3n) is 5.12. The molecule has 0 aromatic carbocycles. The zero-order chi connectivity index (χ0) is 15.8. The minimum absolute atomic E-state index is 0.0337. The molecular weight excluding hydrogens is 405 g/mol. The van der Waals surface area contributed by atoms with Crippen molar-refractivity contribution in [2.24, 2.45) is 11.3 Å². The first kappa shape index (κ1) is 17.4. The van der Waals surface area contributed by atoms with Crippen molar-refractivity contribution >= 4 is 69.6 Å². The Morgan fingerprint density at radius 3 is 2.19 bits per heavy atom. The molecule has 0 aromatic heterocycles. The first-order chi connectivity index (χ1) is 9.43. The van der Waals surface area contributed by atoms with Crippen molar-refractivity contribution in [1.82, 2.24) is 0 Å².